The third-order valence-corrected chi connectivity index (χ3v) is 5.76. The Kier molecular flexibility index (Phi) is 5.01. The summed E-state index contributed by atoms with van der Waals surface area (Å²) in [5, 5.41) is 7.39. The number of H-pyrrole nitrogens is 1. The highest BCUT2D eigenvalue weighted by molar-refractivity contribution is 7.99. The highest BCUT2D eigenvalue weighted by Gasteiger charge is 2.35. The van der Waals surface area contributed by atoms with E-state index in [0.717, 1.165) is 50.5 Å². The molecule has 1 unspecified atom stereocenters. The first-order valence-corrected chi connectivity index (χ1v) is 9.75. The minimum atomic E-state index is 0.0508. The lowest BCUT2D eigenvalue weighted by Crippen LogP contribution is -2.48. The van der Waals surface area contributed by atoms with Crippen LogP contribution in [0.2, 0.25) is 0 Å². The molecule has 2 fully saturated rings. The summed E-state index contributed by atoms with van der Waals surface area (Å²) in [5.74, 6) is 2.49. The number of nitrogens with zero attached hydrogens (tertiary/aromatic N) is 3. The van der Waals surface area contributed by atoms with Crippen molar-refractivity contribution in [2.45, 2.75) is 51.6 Å². The number of carbonyl (C=O) groups excluding carboxylic acids is 1. The Morgan fingerprint density at radius 3 is 2.78 bits per heavy atom. The first-order chi connectivity index (χ1) is 11.0. The molecule has 0 bridgehead atoms. The SMILES string of the molecule is CC(C)(C)c1[nH]ncc1CN1CCCC1C(=O)N1CCSCC1. The number of likely N-dealkylation sites (tertiary alicyclic amines) is 1. The monoisotopic (exact) mass is 336 g/mol. The van der Waals surface area contributed by atoms with Gasteiger partial charge in [0.2, 0.25) is 5.91 Å². The van der Waals surface area contributed by atoms with Crippen molar-refractivity contribution in [2.75, 3.05) is 31.1 Å². The number of thioether (sulfide) groups is 1. The topological polar surface area (TPSA) is 52.2 Å². The van der Waals surface area contributed by atoms with Crippen LogP contribution in [0.15, 0.2) is 6.20 Å². The van der Waals surface area contributed by atoms with Crippen LogP contribution in [0.1, 0.15) is 44.9 Å². The Morgan fingerprint density at radius 1 is 1.35 bits per heavy atom. The minimum absolute atomic E-state index is 0.0508. The number of amides is 1. The van der Waals surface area contributed by atoms with Gasteiger partial charge in [-0.05, 0) is 19.4 Å². The average molecular weight is 337 g/mol. The summed E-state index contributed by atoms with van der Waals surface area (Å²) in [6, 6.07) is 0.0563. The molecule has 0 spiro atoms. The largest absolute Gasteiger partial charge is 0.340 e. The molecule has 3 heterocycles. The molecule has 2 aliphatic rings. The normalized spacial score (nSPS) is 23.4. The van der Waals surface area contributed by atoms with E-state index in [4.69, 9.17) is 0 Å². The van der Waals surface area contributed by atoms with Crippen LogP contribution in [-0.4, -0.2) is 63.1 Å². The second-order valence-electron chi connectivity index (χ2n) is 7.59. The molecule has 3 rings (SSSR count). The van der Waals surface area contributed by atoms with E-state index in [1.165, 1.54) is 11.3 Å². The fourth-order valence-electron chi connectivity index (χ4n) is 3.59. The maximum atomic E-state index is 12.9. The van der Waals surface area contributed by atoms with Crippen molar-refractivity contribution < 1.29 is 4.79 Å². The zero-order valence-electron chi connectivity index (χ0n) is 14.5. The molecule has 6 heteroatoms. The molecule has 23 heavy (non-hydrogen) atoms. The first-order valence-electron chi connectivity index (χ1n) is 8.60. The zero-order chi connectivity index (χ0) is 16.4. The van der Waals surface area contributed by atoms with Gasteiger partial charge < -0.3 is 4.90 Å². The van der Waals surface area contributed by atoms with Gasteiger partial charge in [0.25, 0.3) is 0 Å². The van der Waals surface area contributed by atoms with Gasteiger partial charge in [0.05, 0.1) is 12.2 Å². The number of hydrogen-bond donors (Lipinski definition) is 1. The maximum Gasteiger partial charge on any atom is 0.239 e. The van der Waals surface area contributed by atoms with E-state index < -0.39 is 0 Å². The van der Waals surface area contributed by atoms with Crippen molar-refractivity contribution in [3.8, 4) is 0 Å². The molecular weight excluding hydrogens is 308 g/mol. The summed E-state index contributed by atoms with van der Waals surface area (Å²) < 4.78 is 0. The Labute approximate surface area is 143 Å². The number of aromatic amines is 1. The van der Waals surface area contributed by atoms with Gasteiger partial charge in [-0.1, -0.05) is 20.8 Å². The highest BCUT2D eigenvalue weighted by Crippen LogP contribution is 2.28. The van der Waals surface area contributed by atoms with Gasteiger partial charge in [0.15, 0.2) is 0 Å². The van der Waals surface area contributed by atoms with E-state index in [9.17, 15) is 4.79 Å². The average Bonchev–Trinajstić information content (AvgIpc) is 3.16. The number of carbonyl (C=O) groups is 1. The number of aromatic nitrogens is 2. The molecule has 1 atom stereocenters. The van der Waals surface area contributed by atoms with Gasteiger partial charge in [0.1, 0.15) is 0 Å². The van der Waals surface area contributed by atoms with Crippen molar-refractivity contribution in [2.24, 2.45) is 0 Å². The van der Waals surface area contributed by atoms with E-state index in [1.54, 1.807) is 0 Å². The van der Waals surface area contributed by atoms with E-state index in [0.29, 0.717) is 5.91 Å². The second kappa shape index (κ2) is 6.85. The van der Waals surface area contributed by atoms with Gasteiger partial charge in [-0.15, -0.1) is 0 Å². The lowest BCUT2D eigenvalue weighted by Gasteiger charge is -2.32. The smallest absolute Gasteiger partial charge is 0.239 e. The van der Waals surface area contributed by atoms with Crippen LogP contribution < -0.4 is 0 Å². The molecule has 2 saturated heterocycles. The van der Waals surface area contributed by atoms with Crippen LogP contribution in [0.5, 0.6) is 0 Å². The molecule has 1 aromatic heterocycles. The fraction of sp³-hybridized carbons (Fsp3) is 0.765. The summed E-state index contributed by atoms with van der Waals surface area (Å²) in [6.07, 6.45) is 4.03. The lowest BCUT2D eigenvalue weighted by molar-refractivity contribution is -0.135. The first kappa shape index (κ1) is 16.8. The molecule has 128 valence electrons. The molecule has 5 nitrogen and oxygen atoms in total. The summed E-state index contributed by atoms with van der Waals surface area (Å²) in [7, 11) is 0. The summed E-state index contributed by atoms with van der Waals surface area (Å²) >= 11 is 1.95. The van der Waals surface area contributed by atoms with Crippen molar-refractivity contribution >= 4 is 17.7 Å². The summed E-state index contributed by atoms with van der Waals surface area (Å²) in [5.41, 5.74) is 2.46. The number of rotatable bonds is 3. The lowest BCUT2D eigenvalue weighted by atomic mass is 9.89. The summed E-state index contributed by atoms with van der Waals surface area (Å²) in [6.45, 7) is 10.2. The molecule has 1 N–H and O–H groups in total. The van der Waals surface area contributed by atoms with Gasteiger partial charge in [0, 0.05) is 47.8 Å². The predicted molar refractivity (Wildman–Crippen MR) is 94.6 cm³/mol. The van der Waals surface area contributed by atoms with Crippen LogP contribution in [-0.2, 0) is 16.8 Å². The van der Waals surface area contributed by atoms with Crippen LogP contribution in [0, 0.1) is 0 Å². The van der Waals surface area contributed by atoms with Gasteiger partial charge in [-0.2, -0.15) is 16.9 Å². The van der Waals surface area contributed by atoms with Crippen molar-refractivity contribution in [3.05, 3.63) is 17.5 Å². The molecule has 1 aromatic rings. The van der Waals surface area contributed by atoms with E-state index in [1.807, 2.05) is 18.0 Å². The van der Waals surface area contributed by atoms with E-state index >= 15 is 0 Å². The van der Waals surface area contributed by atoms with Gasteiger partial charge in [-0.25, -0.2) is 0 Å². The second-order valence-corrected chi connectivity index (χ2v) is 8.81. The van der Waals surface area contributed by atoms with Crippen molar-refractivity contribution in [1.82, 2.24) is 20.0 Å². The molecular formula is C17H28N4OS. The number of hydrogen-bond acceptors (Lipinski definition) is 4. The molecule has 2 aliphatic heterocycles. The predicted octanol–water partition coefficient (Wildman–Crippen LogP) is 2.25. The van der Waals surface area contributed by atoms with Crippen LogP contribution >= 0.6 is 11.8 Å². The molecule has 0 radical (unpaired) electrons. The standard InChI is InChI=1S/C17H28N4OS/c1-17(2,3)15-13(11-18-19-15)12-21-6-4-5-14(21)16(22)20-7-9-23-10-8-20/h11,14H,4-10,12H2,1-3H3,(H,18,19). The zero-order valence-corrected chi connectivity index (χ0v) is 15.3. The van der Waals surface area contributed by atoms with Crippen molar-refractivity contribution in [1.29, 1.82) is 0 Å². The van der Waals surface area contributed by atoms with Crippen LogP contribution in [0.4, 0.5) is 0 Å². The third-order valence-electron chi connectivity index (χ3n) is 4.81. The Hall–Kier alpha value is -1.01. The van der Waals surface area contributed by atoms with E-state index in [-0.39, 0.29) is 11.5 Å². The molecule has 1 amide bonds. The minimum Gasteiger partial charge on any atom is -0.340 e. The highest BCUT2D eigenvalue weighted by atomic mass is 32.2. The molecule has 0 saturated carbocycles. The maximum absolute atomic E-state index is 12.9. The number of nitrogens with one attached hydrogen (secondary N) is 1. The van der Waals surface area contributed by atoms with E-state index in [2.05, 4.69) is 40.8 Å². The van der Waals surface area contributed by atoms with Gasteiger partial charge >= 0.3 is 0 Å². The van der Waals surface area contributed by atoms with Gasteiger partial charge in [-0.3, -0.25) is 14.8 Å². The fourth-order valence-corrected chi connectivity index (χ4v) is 4.49. The Balaban J connectivity index is 1.70. The molecule has 0 aromatic carbocycles. The summed E-state index contributed by atoms with van der Waals surface area (Å²) in [4.78, 5) is 17.3. The molecule has 0 aliphatic carbocycles. The van der Waals surface area contributed by atoms with Crippen LogP contribution in [0.3, 0.4) is 0 Å². The Bertz CT molecular complexity index is 545. The third kappa shape index (κ3) is 3.74. The Morgan fingerprint density at radius 2 is 2.09 bits per heavy atom. The quantitative estimate of drug-likeness (QED) is 0.920. The van der Waals surface area contributed by atoms with Crippen molar-refractivity contribution in [3.63, 3.8) is 0 Å². The van der Waals surface area contributed by atoms with Crippen LogP contribution in [0.25, 0.3) is 0 Å².